The molecule has 0 fully saturated rings. The third-order valence-electron chi connectivity index (χ3n) is 2.87. The van der Waals surface area contributed by atoms with Gasteiger partial charge in [-0.05, 0) is 19.1 Å². The van der Waals surface area contributed by atoms with Gasteiger partial charge in [0.15, 0.2) is 0 Å². The van der Waals surface area contributed by atoms with Crippen LogP contribution in [0.25, 0.3) is 0 Å². The molecule has 0 radical (unpaired) electrons. The van der Waals surface area contributed by atoms with Crippen molar-refractivity contribution in [3.05, 3.63) is 23.8 Å². The Labute approximate surface area is 114 Å². The molecule has 5 nitrogen and oxygen atoms in total. The lowest BCUT2D eigenvalue weighted by atomic mass is 10.1. The first-order valence-electron chi connectivity index (χ1n) is 6.06. The van der Waals surface area contributed by atoms with Gasteiger partial charge in [-0.25, -0.2) is 0 Å². The summed E-state index contributed by atoms with van der Waals surface area (Å²) in [6.07, 6.45) is 0. The highest BCUT2D eigenvalue weighted by atomic mass is 16.5. The molecule has 0 spiro atoms. The quantitative estimate of drug-likeness (QED) is 0.805. The first-order chi connectivity index (χ1) is 9.03. The molecule has 0 bridgehead atoms. The lowest BCUT2D eigenvalue weighted by Crippen LogP contribution is -2.36. The first-order valence-corrected chi connectivity index (χ1v) is 6.06. The summed E-state index contributed by atoms with van der Waals surface area (Å²) >= 11 is 0. The highest BCUT2D eigenvalue weighted by Crippen LogP contribution is 2.25. The molecule has 0 unspecified atom stereocenters. The molecule has 0 aromatic heterocycles. The van der Waals surface area contributed by atoms with E-state index in [1.165, 1.54) is 4.90 Å². The second-order valence-electron chi connectivity index (χ2n) is 4.30. The van der Waals surface area contributed by atoms with E-state index >= 15 is 0 Å². The average molecular weight is 261 g/mol. The Morgan fingerprint density at radius 2 is 2.11 bits per heavy atom. The zero-order chi connectivity index (χ0) is 14.4. The van der Waals surface area contributed by atoms with Crippen LogP contribution in [0.5, 0.6) is 5.75 Å². The summed E-state index contributed by atoms with van der Waals surface area (Å²) in [5.74, 6) is 0.665. The van der Waals surface area contributed by atoms with Crippen molar-refractivity contribution in [2.45, 2.75) is 6.92 Å². The Hall–Kier alpha value is -2.22. The molecule has 19 heavy (non-hydrogen) atoms. The number of benzene rings is 1. The Kier molecular flexibility index (Phi) is 5.19. The fraction of sp³-hybridized carbons (Fsp3) is 0.429. The van der Waals surface area contributed by atoms with Gasteiger partial charge in [0, 0.05) is 26.7 Å². The summed E-state index contributed by atoms with van der Waals surface area (Å²) < 4.78 is 5.17. The SMILES string of the molecule is CCN(CC(=O)N(C)C)c1cc(OC)ccc1C#N. The van der Waals surface area contributed by atoms with Crippen molar-refractivity contribution in [2.24, 2.45) is 0 Å². The predicted octanol–water partition coefficient (Wildman–Crippen LogP) is 1.48. The number of ether oxygens (including phenoxy) is 1. The maximum Gasteiger partial charge on any atom is 0.241 e. The molecule has 0 aliphatic rings. The maximum atomic E-state index is 11.8. The molecule has 0 saturated heterocycles. The Morgan fingerprint density at radius 3 is 2.58 bits per heavy atom. The zero-order valence-electron chi connectivity index (χ0n) is 11.8. The number of carbonyl (C=O) groups is 1. The Balaban J connectivity index is 3.09. The van der Waals surface area contributed by atoms with Crippen LogP contribution in [0.3, 0.4) is 0 Å². The fourth-order valence-corrected chi connectivity index (χ4v) is 1.67. The molecule has 1 aromatic carbocycles. The van der Waals surface area contributed by atoms with Gasteiger partial charge >= 0.3 is 0 Å². The number of hydrogen-bond donors (Lipinski definition) is 0. The normalized spacial score (nSPS) is 9.63. The molecule has 102 valence electrons. The molecule has 0 aliphatic heterocycles. The van der Waals surface area contributed by atoms with Crippen molar-refractivity contribution in [1.29, 1.82) is 5.26 Å². The molecule has 0 aliphatic carbocycles. The third-order valence-corrected chi connectivity index (χ3v) is 2.87. The highest BCUT2D eigenvalue weighted by Gasteiger charge is 2.15. The minimum atomic E-state index is -0.00596. The molecule has 1 amide bonds. The number of nitrogens with zero attached hydrogens (tertiary/aromatic N) is 3. The van der Waals surface area contributed by atoms with Gasteiger partial charge in [-0.15, -0.1) is 0 Å². The van der Waals surface area contributed by atoms with Crippen LogP contribution in [0.1, 0.15) is 12.5 Å². The predicted molar refractivity (Wildman–Crippen MR) is 74.3 cm³/mol. The summed E-state index contributed by atoms with van der Waals surface area (Å²) in [6, 6.07) is 7.37. The zero-order valence-corrected chi connectivity index (χ0v) is 11.8. The second-order valence-corrected chi connectivity index (χ2v) is 4.30. The van der Waals surface area contributed by atoms with Crippen LogP contribution >= 0.6 is 0 Å². The number of rotatable bonds is 5. The van der Waals surface area contributed by atoms with Crippen LogP contribution in [-0.2, 0) is 4.79 Å². The van der Waals surface area contributed by atoms with Crippen molar-refractivity contribution in [1.82, 2.24) is 4.90 Å². The van der Waals surface area contributed by atoms with Gasteiger partial charge in [0.1, 0.15) is 11.8 Å². The lowest BCUT2D eigenvalue weighted by Gasteiger charge is -2.25. The standard InChI is InChI=1S/C14H19N3O2/c1-5-17(10-14(18)16(2)3)13-8-12(19-4)7-6-11(13)9-15/h6-8H,5,10H2,1-4H3. The Bertz CT molecular complexity index is 492. The van der Waals surface area contributed by atoms with Crippen LogP contribution < -0.4 is 9.64 Å². The van der Waals surface area contributed by atoms with Crippen LogP contribution in [0.2, 0.25) is 0 Å². The van der Waals surface area contributed by atoms with Crippen LogP contribution in [0, 0.1) is 11.3 Å². The number of hydrogen-bond acceptors (Lipinski definition) is 4. The number of carbonyl (C=O) groups excluding carboxylic acids is 1. The van der Waals surface area contributed by atoms with E-state index in [9.17, 15) is 4.79 Å². The average Bonchev–Trinajstić information content (AvgIpc) is 2.43. The van der Waals surface area contributed by atoms with Gasteiger partial charge in [0.05, 0.1) is 24.9 Å². The molecule has 0 atom stereocenters. The monoisotopic (exact) mass is 261 g/mol. The number of likely N-dealkylation sites (N-methyl/N-ethyl adjacent to an activating group) is 2. The minimum Gasteiger partial charge on any atom is -0.497 e. The van der Waals surface area contributed by atoms with Crippen molar-refractivity contribution < 1.29 is 9.53 Å². The molecule has 0 heterocycles. The molecular weight excluding hydrogens is 242 g/mol. The van der Waals surface area contributed by atoms with Gasteiger partial charge < -0.3 is 14.5 Å². The van der Waals surface area contributed by atoms with Crippen molar-refractivity contribution in [3.63, 3.8) is 0 Å². The second kappa shape index (κ2) is 6.64. The van der Waals surface area contributed by atoms with Crippen LogP contribution in [-0.4, -0.2) is 45.1 Å². The highest BCUT2D eigenvalue weighted by molar-refractivity contribution is 5.81. The minimum absolute atomic E-state index is 0.00596. The largest absolute Gasteiger partial charge is 0.497 e. The molecule has 1 aromatic rings. The van der Waals surface area contributed by atoms with Crippen molar-refractivity contribution in [2.75, 3.05) is 39.2 Å². The smallest absolute Gasteiger partial charge is 0.241 e. The first kappa shape index (κ1) is 14.8. The van der Waals surface area contributed by atoms with Gasteiger partial charge in [0.25, 0.3) is 0 Å². The summed E-state index contributed by atoms with van der Waals surface area (Å²) in [6.45, 7) is 2.83. The number of anilines is 1. The fourth-order valence-electron chi connectivity index (χ4n) is 1.67. The van der Waals surface area contributed by atoms with E-state index in [0.29, 0.717) is 17.9 Å². The van der Waals surface area contributed by atoms with E-state index in [-0.39, 0.29) is 12.5 Å². The van der Waals surface area contributed by atoms with Gasteiger partial charge in [-0.1, -0.05) is 0 Å². The molecule has 0 saturated carbocycles. The van der Waals surface area contributed by atoms with Crippen molar-refractivity contribution >= 4 is 11.6 Å². The van der Waals surface area contributed by atoms with E-state index in [1.54, 1.807) is 39.4 Å². The van der Waals surface area contributed by atoms with Crippen molar-refractivity contribution in [3.8, 4) is 11.8 Å². The van der Waals surface area contributed by atoms with E-state index in [1.807, 2.05) is 11.8 Å². The number of amides is 1. The maximum absolute atomic E-state index is 11.8. The summed E-state index contributed by atoms with van der Waals surface area (Å²) in [7, 11) is 5.01. The molecular formula is C14H19N3O2. The summed E-state index contributed by atoms with van der Waals surface area (Å²) in [5, 5.41) is 9.16. The number of methoxy groups -OCH3 is 1. The topological polar surface area (TPSA) is 56.6 Å². The Morgan fingerprint density at radius 1 is 1.42 bits per heavy atom. The van der Waals surface area contributed by atoms with E-state index in [2.05, 4.69) is 6.07 Å². The van der Waals surface area contributed by atoms with E-state index < -0.39 is 0 Å². The van der Waals surface area contributed by atoms with Crippen LogP contribution in [0.4, 0.5) is 5.69 Å². The summed E-state index contributed by atoms with van der Waals surface area (Å²) in [4.78, 5) is 15.2. The summed E-state index contributed by atoms with van der Waals surface area (Å²) in [5.41, 5.74) is 1.26. The molecule has 5 heteroatoms. The van der Waals surface area contributed by atoms with Gasteiger partial charge in [-0.2, -0.15) is 5.26 Å². The van der Waals surface area contributed by atoms with Crippen LogP contribution in [0.15, 0.2) is 18.2 Å². The number of nitriles is 1. The van der Waals surface area contributed by atoms with Gasteiger partial charge in [-0.3, -0.25) is 4.79 Å². The van der Waals surface area contributed by atoms with E-state index in [0.717, 1.165) is 5.69 Å². The molecule has 1 rings (SSSR count). The third kappa shape index (κ3) is 3.62. The van der Waals surface area contributed by atoms with E-state index in [4.69, 9.17) is 10.00 Å². The lowest BCUT2D eigenvalue weighted by molar-refractivity contribution is -0.127. The molecule has 0 N–H and O–H groups in total. The van der Waals surface area contributed by atoms with Gasteiger partial charge in [0.2, 0.25) is 5.91 Å².